The van der Waals surface area contributed by atoms with E-state index in [4.69, 9.17) is 9.72 Å². The fourth-order valence-electron chi connectivity index (χ4n) is 4.48. The number of rotatable bonds is 7. The van der Waals surface area contributed by atoms with E-state index < -0.39 is 5.25 Å². The van der Waals surface area contributed by atoms with Crippen LogP contribution in [0, 0.1) is 12.8 Å². The van der Waals surface area contributed by atoms with Crippen LogP contribution in [0.4, 0.5) is 0 Å². The maximum Gasteiger partial charge on any atom is 0.267 e. The van der Waals surface area contributed by atoms with Gasteiger partial charge < -0.3 is 10.1 Å². The van der Waals surface area contributed by atoms with Gasteiger partial charge in [-0.15, -0.1) is 11.3 Å². The van der Waals surface area contributed by atoms with Crippen molar-refractivity contribution in [1.29, 1.82) is 0 Å². The molecule has 1 N–H and O–H groups in total. The number of nitrogens with zero attached hydrogens (tertiary/aromatic N) is 2. The summed E-state index contributed by atoms with van der Waals surface area (Å²) >= 11 is 2.84. The van der Waals surface area contributed by atoms with Crippen molar-refractivity contribution in [3.05, 3.63) is 86.5 Å². The minimum atomic E-state index is -0.437. The Balaban J connectivity index is 1.52. The van der Waals surface area contributed by atoms with Crippen molar-refractivity contribution < 1.29 is 9.53 Å². The number of carbonyl (C=O) groups is 1. The summed E-state index contributed by atoms with van der Waals surface area (Å²) in [5.41, 5.74) is 3.87. The Bertz CT molecular complexity index is 1480. The van der Waals surface area contributed by atoms with Gasteiger partial charge in [-0.3, -0.25) is 14.2 Å². The Morgan fingerprint density at radius 3 is 2.59 bits per heavy atom. The molecule has 192 valence electrons. The molecule has 1 aliphatic heterocycles. The first kappa shape index (κ1) is 25.7. The number of nitrogens with one attached hydrogen (secondary N) is 1. The molecule has 0 fully saturated rings. The average Bonchev–Trinajstić information content (AvgIpc) is 3.26. The number of aromatic nitrogens is 2. The topological polar surface area (TPSA) is 73.2 Å². The number of amides is 1. The quantitative estimate of drug-likeness (QED) is 0.246. The normalized spacial score (nSPS) is 16.1. The Morgan fingerprint density at radius 2 is 1.89 bits per heavy atom. The monoisotopic (exact) mass is 533 g/mol. The maximum atomic E-state index is 14.1. The van der Waals surface area contributed by atoms with Crippen molar-refractivity contribution in [1.82, 2.24) is 14.9 Å². The van der Waals surface area contributed by atoms with Crippen LogP contribution in [0.3, 0.4) is 0 Å². The van der Waals surface area contributed by atoms with Crippen LogP contribution in [-0.4, -0.2) is 26.8 Å². The Labute approximate surface area is 225 Å². The number of ether oxygens (including phenoxy) is 1. The molecule has 4 aromatic rings. The van der Waals surface area contributed by atoms with Gasteiger partial charge in [0.05, 0.1) is 29.0 Å². The second kappa shape index (κ2) is 10.8. The van der Waals surface area contributed by atoms with Gasteiger partial charge in [-0.2, -0.15) is 0 Å². The van der Waals surface area contributed by atoms with E-state index in [1.54, 1.807) is 4.57 Å². The van der Waals surface area contributed by atoms with Crippen molar-refractivity contribution in [3.63, 3.8) is 0 Å². The summed E-state index contributed by atoms with van der Waals surface area (Å²) in [6.45, 7) is 9.12. The number of benzene rings is 2. The van der Waals surface area contributed by atoms with Crippen molar-refractivity contribution in [2.24, 2.45) is 5.92 Å². The molecule has 2 aromatic heterocycles. The highest BCUT2D eigenvalue weighted by Gasteiger charge is 2.29. The number of hydrogen-bond acceptors (Lipinski definition) is 6. The highest BCUT2D eigenvalue weighted by Crippen LogP contribution is 2.36. The van der Waals surface area contributed by atoms with Gasteiger partial charge in [0.25, 0.3) is 5.56 Å². The van der Waals surface area contributed by atoms with Crippen LogP contribution in [0.25, 0.3) is 15.9 Å². The van der Waals surface area contributed by atoms with Gasteiger partial charge in [-0.05, 0) is 43.0 Å². The third-order valence-corrected chi connectivity index (χ3v) is 8.86. The van der Waals surface area contributed by atoms with Crippen molar-refractivity contribution in [2.75, 3.05) is 0 Å². The summed E-state index contributed by atoms with van der Waals surface area (Å²) in [5.74, 6) is 0.262. The van der Waals surface area contributed by atoms with Crippen LogP contribution in [0.1, 0.15) is 42.3 Å². The summed E-state index contributed by atoms with van der Waals surface area (Å²) < 4.78 is 7.74. The molecule has 2 atom stereocenters. The average molecular weight is 534 g/mol. The summed E-state index contributed by atoms with van der Waals surface area (Å²) in [6, 6.07) is 17.7. The Hall–Kier alpha value is -2.94. The number of thiophene rings is 1. The van der Waals surface area contributed by atoms with E-state index in [9.17, 15) is 9.59 Å². The lowest BCUT2D eigenvalue weighted by molar-refractivity contribution is -0.120. The molecular formula is C29H31N3O3S2. The molecule has 1 aliphatic rings. The summed E-state index contributed by atoms with van der Waals surface area (Å²) in [4.78, 5) is 33.8. The van der Waals surface area contributed by atoms with Gasteiger partial charge in [-0.25, -0.2) is 4.98 Å². The molecule has 0 aliphatic carbocycles. The largest absolute Gasteiger partial charge is 0.372 e. The molecule has 0 unspecified atom stereocenters. The molecule has 2 aromatic carbocycles. The van der Waals surface area contributed by atoms with Crippen LogP contribution in [-0.2, 0) is 29.1 Å². The predicted molar refractivity (Wildman–Crippen MR) is 151 cm³/mol. The van der Waals surface area contributed by atoms with Crippen LogP contribution in [0.5, 0.6) is 0 Å². The molecule has 0 spiro atoms. The Morgan fingerprint density at radius 1 is 1.16 bits per heavy atom. The lowest BCUT2D eigenvalue weighted by atomic mass is 9.96. The van der Waals surface area contributed by atoms with Crippen LogP contribution < -0.4 is 10.9 Å². The molecule has 37 heavy (non-hydrogen) atoms. The Kier molecular flexibility index (Phi) is 7.51. The van der Waals surface area contributed by atoms with E-state index in [1.807, 2.05) is 68.4 Å². The van der Waals surface area contributed by atoms with Gasteiger partial charge in [0.2, 0.25) is 5.91 Å². The number of thioether (sulfide) groups is 1. The second-order valence-electron chi connectivity index (χ2n) is 9.82. The first-order valence-electron chi connectivity index (χ1n) is 12.6. The molecule has 6 nitrogen and oxygen atoms in total. The SMILES string of the molecule is Cc1ccc(-n2c(S[C@H](C)C(=O)NCc3ccccc3)nc3sc4c(c3c2=O)C[C@@H](C(C)C)OC4)cc1. The standard InChI is InChI=1S/C29H31N3O3S2/c1-17(2)23-14-22-24(16-35-23)37-27-25(22)28(34)32(21-12-10-18(3)11-13-21)29(31-27)36-19(4)26(33)30-15-20-8-6-5-7-9-20/h5-13,17,19,23H,14-16H2,1-4H3,(H,30,33)/t19-,23+/m1/s1. The fourth-order valence-corrected chi connectivity index (χ4v) is 6.59. The molecule has 5 rings (SSSR count). The van der Waals surface area contributed by atoms with Gasteiger partial charge >= 0.3 is 0 Å². The zero-order valence-electron chi connectivity index (χ0n) is 21.5. The van der Waals surface area contributed by atoms with E-state index in [-0.39, 0.29) is 17.6 Å². The van der Waals surface area contributed by atoms with Crippen molar-refractivity contribution in [3.8, 4) is 5.69 Å². The molecule has 0 radical (unpaired) electrons. The van der Waals surface area contributed by atoms with E-state index in [0.29, 0.717) is 40.9 Å². The summed E-state index contributed by atoms with van der Waals surface area (Å²) in [6.07, 6.45) is 0.794. The van der Waals surface area contributed by atoms with E-state index in [0.717, 1.165) is 27.3 Å². The smallest absolute Gasteiger partial charge is 0.267 e. The van der Waals surface area contributed by atoms with Crippen molar-refractivity contribution >= 4 is 39.2 Å². The van der Waals surface area contributed by atoms with Gasteiger partial charge in [0.1, 0.15) is 4.83 Å². The maximum absolute atomic E-state index is 14.1. The highest BCUT2D eigenvalue weighted by atomic mass is 32.2. The van der Waals surface area contributed by atoms with Gasteiger partial charge in [-0.1, -0.05) is 73.6 Å². The summed E-state index contributed by atoms with van der Waals surface area (Å²) in [7, 11) is 0. The predicted octanol–water partition coefficient (Wildman–Crippen LogP) is 5.65. The lowest BCUT2D eigenvalue weighted by Gasteiger charge is -2.26. The fraction of sp³-hybridized carbons (Fsp3) is 0.345. The number of hydrogen-bond donors (Lipinski definition) is 1. The lowest BCUT2D eigenvalue weighted by Crippen LogP contribution is -2.31. The van der Waals surface area contributed by atoms with E-state index in [2.05, 4.69) is 19.2 Å². The van der Waals surface area contributed by atoms with Crippen LogP contribution >= 0.6 is 23.1 Å². The van der Waals surface area contributed by atoms with Crippen molar-refractivity contribution in [2.45, 2.75) is 63.8 Å². The van der Waals surface area contributed by atoms with Crippen LogP contribution in [0.15, 0.2) is 64.5 Å². The van der Waals surface area contributed by atoms with Gasteiger partial charge in [0.15, 0.2) is 5.16 Å². The molecule has 3 heterocycles. The van der Waals surface area contributed by atoms with Gasteiger partial charge in [0, 0.05) is 17.8 Å². The molecule has 0 saturated heterocycles. The third-order valence-electron chi connectivity index (χ3n) is 6.71. The summed E-state index contributed by atoms with van der Waals surface area (Å²) in [5, 5.41) is 3.76. The molecule has 0 saturated carbocycles. The minimum absolute atomic E-state index is 0.0832. The molecule has 8 heteroatoms. The van der Waals surface area contributed by atoms with E-state index in [1.165, 1.54) is 23.1 Å². The zero-order valence-corrected chi connectivity index (χ0v) is 23.1. The second-order valence-corrected chi connectivity index (χ2v) is 12.2. The zero-order chi connectivity index (χ0) is 26.1. The molecule has 1 amide bonds. The first-order chi connectivity index (χ1) is 17.8. The molecule has 0 bridgehead atoms. The molecular weight excluding hydrogens is 502 g/mol. The highest BCUT2D eigenvalue weighted by molar-refractivity contribution is 8.00. The van der Waals surface area contributed by atoms with E-state index >= 15 is 0 Å². The number of carbonyl (C=O) groups excluding carboxylic acids is 1. The minimum Gasteiger partial charge on any atom is -0.372 e. The van der Waals surface area contributed by atoms with Crippen LogP contribution in [0.2, 0.25) is 0 Å². The number of aryl methyl sites for hydroxylation is 1. The number of fused-ring (bicyclic) bond motifs is 3. The third kappa shape index (κ3) is 5.37. The first-order valence-corrected chi connectivity index (χ1v) is 14.3.